The van der Waals surface area contributed by atoms with Gasteiger partial charge in [0, 0.05) is 30.3 Å². The minimum atomic E-state index is -1.14. The van der Waals surface area contributed by atoms with Crippen molar-refractivity contribution in [2.24, 2.45) is 7.05 Å². The van der Waals surface area contributed by atoms with Gasteiger partial charge in [-0.05, 0) is 6.07 Å². The average molecular weight is 258 g/mol. The quantitative estimate of drug-likeness (QED) is 0.735. The van der Waals surface area contributed by atoms with E-state index < -0.39 is 5.97 Å². The second kappa shape index (κ2) is 3.88. The number of hydrogen-bond donors (Lipinski definition) is 2. The molecule has 3 rings (SSSR count). The predicted molar refractivity (Wildman–Crippen MR) is 67.0 cm³/mol. The highest BCUT2D eigenvalue weighted by Crippen LogP contribution is 2.34. The fourth-order valence-electron chi connectivity index (χ4n) is 2.15. The lowest BCUT2D eigenvalue weighted by Gasteiger charge is -1.98. The summed E-state index contributed by atoms with van der Waals surface area (Å²) in [5.74, 6) is -0.629. The largest absolute Gasteiger partial charge is 0.506 e. The number of carboxylic acid groups (broad SMARTS) is 1. The van der Waals surface area contributed by atoms with Gasteiger partial charge in [-0.3, -0.25) is 0 Å². The molecule has 3 aromatic rings. The second-order valence-electron chi connectivity index (χ2n) is 4.21. The predicted octanol–water partition coefficient (Wildman–Crippen LogP) is 2.24. The summed E-state index contributed by atoms with van der Waals surface area (Å²) in [4.78, 5) is 10.8. The third kappa shape index (κ3) is 1.65. The molecule has 0 saturated heterocycles. The molecule has 96 valence electrons. The van der Waals surface area contributed by atoms with E-state index in [1.807, 2.05) is 6.07 Å². The number of aryl methyl sites for hydroxylation is 1. The number of rotatable bonds is 2. The van der Waals surface area contributed by atoms with E-state index in [4.69, 9.17) is 9.63 Å². The second-order valence-corrected chi connectivity index (χ2v) is 4.21. The van der Waals surface area contributed by atoms with Crippen molar-refractivity contribution in [3.05, 3.63) is 36.2 Å². The van der Waals surface area contributed by atoms with Crippen molar-refractivity contribution in [1.82, 2.24) is 9.72 Å². The molecule has 0 saturated carbocycles. The lowest BCUT2D eigenvalue weighted by Crippen LogP contribution is -1.94. The summed E-state index contributed by atoms with van der Waals surface area (Å²) in [5, 5.41) is 22.9. The molecule has 0 aliphatic carbocycles. The van der Waals surface area contributed by atoms with Gasteiger partial charge in [0.1, 0.15) is 5.75 Å². The Kier molecular flexibility index (Phi) is 2.31. The Balaban J connectivity index is 2.25. The number of carbonyl (C=O) groups is 1. The van der Waals surface area contributed by atoms with Crippen LogP contribution in [0.3, 0.4) is 0 Å². The number of nitrogens with zero attached hydrogens (tertiary/aromatic N) is 2. The Morgan fingerprint density at radius 1 is 1.42 bits per heavy atom. The van der Waals surface area contributed by atoms with Gasteiger partial charge in [0.25, 0.3) is 0 Å². The van der Waals surface area contributed by atoms with Crippen LogP contribution in [0.25, 0.3) is 22.2 Å². The minimum Gasteiger partial charge on any atom is -0.506 e. The molecular weight excluding hydrogens is 248 g/mol. The lowest BCUT2D eigenvalue weighted by molar-refractivity contribution is 0.0686. The summed E-state index contributed by atoms with van der Waals surface area (Å²) in [6.07, 6.45) is 1.76. The fraction of sp³-hybridized carbons (Fsp3) is 0.0769. The molecule has 19 heavy (non-hydrogen) atoms. The van der Waals surface area contributed by atoms with Crippen molar-refractivity contribution in [2.45, 2.75) is 0 Å². The number of para-hydroxylation sites is 1. The molecule has 0 atom stereocenters. The maximum absolute atomic E-state index is 10.8. The molecule has 1 aromatic carbocycles. The zero-order chi connectivity index (χ0) is 13.6. The van der Waals surface area contributed by atoms with Crippen LogP contribution in [0.2, 0.25) is 0 Å². The molecule has 0 spiro atoms. The van der Waals surface area contributed by atoms with E-state index in [0.717, 1.165) is 5.39 Å². The summed E-state index contributed by atoms with van der Waals surface area (Å²) in [6.45, 7) is 0. The maximum Gasteiger partial charge on any atom is 0.358 e. The number of aromatic nitrogens is 2. The van der Waals surface area contributed by atoms with Gasteiger partial charge in [0.2, 0.25) is 0 Å². The molecule has 2 heterocycles. The van der Waals surface area contributed by atoms with E-state index >= 15 is 0 Å². The molecule has 0 fully saturated rings. The first-order valence-corrected chi connectivity index (χ1v) is 5.55. The van der Waals surface area contributed by atoms with E-state index in [2.05, 4.69) is 5.16 Å². The van der Waals surface area contributed by atoms with Crippen LogP contribution in [-0.2, 0) is 7.05 Å². The standard InChI is InChI=1S/C13H10N2O4/c1-15-6-8(7-3-2-4-10(16)12(7)15)11-5-9(13(17)18)14-19-11/h2-6,16H,1H3,(H,17,18). The van der Waals surface area contributed by atoms with Crippen LogP contribution in [0.1, 0.15) is 10.5 Å². The van der Waals surface area contributed by atoms with Gasteiger partial charge in [-0.2, -0.15) is 0 Å². The number of benzene rings is 1. The summed E-state index contributed by atoms with van der Waals surface area (Å²) < 4.78 is 6.80. The number of fused-ring (bicyclic) bond motifs is 1. The Bertz CT molecular complexity index is 785. The highest BCUT2D eigenvalue weighted by molar-refractivity contribution is 5.98. The topological polar surface area (TPSA) is 88.5 Å². The Morgan fingerprint density at radius 2 is 2.21 bits per heavy atom. The number of phenolic OH excluding ortho intramolecular Hbond substituents is 1. The van der Waals surface area contributed by atoms with Crippen molar-refractivity contribution in [3.8, 4) is 17.1 Å². The minimum absolute atomic E-state index is 0.146. The van der Waals surface area contributed by atoms with Crippen molar-refractivity contribution in [1.29, 1.82) is 0 Å². The van der Waals surface area contributed by atoms with Crippen LogP contribution in [0.4, 0.5) is 0 Å². The Hall–Kier alpha value is -2.76. The van der Waals surface area contributed by atoms with Gasteiger partial charge in [-0.1, -0.05) is 17.3 Å². The monoisotopic (exact) mass is 258 g/mol. The van der Waals surface area contributed by atoms with Crippen LogP contribution < -0.4 is 0 Å². The normalized spacial score (nSPS) is 11.0. The number of aromatic hydroxyl groups is 1. The van der Waals surface area contributed by atoms with E-state index in [-0.39, 0.29) is 11.4 Å². The van der Waals surface area contributed by atoms with Crippen LogP contribution in [0.15, 0.2) is 35.0 Å². The Morgan fingerprint density at radius 3 is 2.89 bits per heavy atom. The first-order chi connectivity index (χ1) is 9.08. The van der Waals surface area contributed by atoms with Crippen molar-refractivity contribution >= 4 is 16.9 Å². The molecule has 0 radical (unpaired) electrons. The Labute approximate surface area is 107 Å². The average Bonchev–Trinajstić information content (AvgIpc) is 2.95. The molecular formula is C13H10N2O4. The molecule has 0 aliphatic heterocycles. The number of carboxylic acids is 1. The highest BCUT2D eigenvalue weighted by atomic mass is 16.5. The smallest absolute Gasteiger partial charge is 0.358 e. The van der Waals surface area contributed by atoms with Gasteiger partial charge >= 0.3 is 5.97 Å². The summed E-state index contributed by atoms with van der Waals surface area (Å²) in [6, 6.07) is 6.50. The molecule has 2 aromatic heterocycles. The molecule has 6 heteroatoms. The van der Waals surface area contributed by atoms with Gasteiger partial charge in [-0.25, -0.2) is 4.79 Å². The van der Waals surface area contributed by atoms with Crippen molar-refractivity contribution < 1.29 is 19.5 Å². The first kappa shape index (κ1) is 11.3. The molecule has 0 bridgehead atoms. The van der Waals surface area contributed by atoms with Gasteiger partial charge in [0.15, 0.2) is 11.5 Å². The lowest BCUT2D eigenvalue weighted by atomic mass is 10.1. The van der Waals surface area contributed by atoms with Crippen LogP contribution in [0.5, 0.6) is 5.75 Å². The zero-order valence-electron chi connectivity index (χ0n) is 9.99. The maximum atomic E-state index is 10.8. The molecule has 0 amide bonds. The highest BCUT2D eigenvalue weighted by Gasteiger charge is 2.17. The summed E-state index contributed by atoms with van der Waals surface area (Å²) in [5.41, 5.74) is 1.20. The summed E-state index contributed by atoms with van der Waals surface area (Å²) >= 11 is 0. The fourth-order valence-corrected chi connectivity index (χ4v) is 2.15. The van der Waals surface area contributed by atoms with Gasteiger partial charge in [0.05, 0.1) is 5.52 Å². The third-order valence-corrected chi connectivity index (χ3v) is 2.98. The van der Waals surface area contributed by atoms with E-state index in [0.29, 0.717) is 16.8 Å². The number of aromatic carboxylic acids is 1. The van der Waals surface area contributed by atoms with Gasteiger partial charge in [-0.15, -0.1) is 0 Å². The molecule has 0 aliphatic rings. The first-order valence-electron chi connectivity index (χ1n) is 5.55. The zero-order valence-corrected chi connectivity index (χ0v) is 9.99. The molecule has 6 nitrogen and oxygen atoms in total. The van der Waals surface area contributed by atoms with Crippen LogP contribution in [0, 0.1) is 0 Å². The van der Waals surface area contributed by atoms with Crippen molar-refractivity contribution in [2.75, 3.05) is 0 Å². The number of hydrogen-bond acceptors (Lipinski definition) is 4. The van der Waals surface area contributed by atoms with Crippen LogP contribution >= 0.6 is 0 Å². The van der Waals surface area contributed by atoms with Gasteiger partial charge < -0.3 is 19.3 Å². The third-order valence-electron chi connectivity index (χ3n) is 2.98. The SMILES string of the molecule is Cn1cc(-c2cc(C(=O)O)no2)c2cccc(O)c21. The van der Waals surface area contributed by atoms with Crippen molar-refractivity contribution in [3.63, 3.8) is 0 Å². The molecule has 0 unspecified atom stereocenters. The molecule has 2 N–H and O–H groups in total. The van der Waals surface area contributed by atoms with E-state index in [1.165, 1.54) is 6.07 Å². The number of phenols is 1. The summed E-state index contributed by atoms with van der Waals surface area (Å²) in [7, 11) is 1.79. The van der Waals surface area contributed by atoms with Crippen LogP contribution in [-0.4, -0.2) is 25.9 Å². The van der Waals surface area contributed by atoms with E-state index in [9.17, 15) is 9.90 Å². The van der Waals surface area contributed by atoms with E-state index in [1.54, 1.807) is 29.9 Å².